The molecule has 0 fully saturated rings. The molecular weight excluding hydrogens is 145 g/mol. The Kier molecular flexibility index (Phi) is 9.53. The van der Waals surface area contributed by atoms with E-state index >= 15 is 0 Å². The average Bonchev–Trinajstić information content (AvgIpc) is 1.76. The van der Waals surface area contributed by atoms with Crippen LogP contribution < -0.4 is 0 Å². The fourth-order valence-electron chi connectivity index (χ4n) is 0.176. The quantitative estimate of drug-likeness (QED) is 0.512. The SMILES string of the molecule is P.S.c1cscn1. The Hall–Kier alpha value is 0.410. The second-order valence-corrected chi connectivity index (χ2v) is 1.43. The van der Waals surface area contributed by atoms with E-state index in [1.54, 1.807) is 23.0 Å². The van der Waals surface area contributed by atoms with Crippen molar-refractivity contribution >= 4 is 34.7 Å². The Labute approximate surface area is 57.2 Å². The lowest BCUT2D eigenvalue weighted by molar-refractivity contribution is 1.43. The molecule has 0 amide bonds. The summed E-state index contributed by atoms with van der Waals surface area (Å²) in [7, 11) is 0. The highest BCUT2D eigenvalue weighted by atomic mass is 32.1. The second-order valence-electron chi connectivity index (χ2n) is 0.676. The van der Waals surface area contributed by atoms with Gasteiger partial charge in [-0.25, -0.2) is 0 Å². The predicted octanol–water partition coefficient (Wildman–Crippen LogP) is 1.31. The van der Waals surface area contributed by atoms with Crippen molar-refractivity contribution in [3.63, 3.8) is 0 Å². The van der Waals surface area contributed by atoms with Gasteiger partial charge in [0.1, 0.15) is 0 Å². The normalized spacial score (nSPS) is 5.71. The highest BCUT2D eigenvalue weighted by Gasteiger charge is 1.59. The molecule has 4 heteroatoms. The summed E-state index contributed by atoms with van der Waals surface area (Å²) >= 11 is 1.60. The molecule has 0 aliphatic heterocycles. The van der Waals surface area contributed by atoms with Crippen molar-refractivity contribution in [1.82, 2.24) is 4.98 Å². The molecule has 0 saturated carbocycles. The summed E-state index contributed by atoms with van der Waals surface area (Å²) in [4.78, 5) is 3.74. The zero-order valence-corrected chi connectivity index (χ0v) is 7.03. The molecule has 0 saturated heterocycles. The molecule has 0 spiro atoms. The van der Waals surface area contributed by atoms with Crippen molar-refractivity contribution in [2.24, 2.45) is 0 Å². The van der Waals surface area contributed by atoms with Gasteiger partial charge in [-0.15, -0.1) is 11.3 Å². The first-order valence-electron chi connectivity index (χ1n) is 1.32. The highest BCUT2D eigenvalue weighted by Crippen LogP contribution is 1.85. The number of thiazole rings is 1. The van der Waals surface area contributed by atoms with Crippen molar-refractivity contribution in [3.8, 4) is 0 Å². The lowest BCUT2D eigenvalue weighted by Gasteiger charge is -1.41. The largest absolute Gasteiger partial charge is 0.253 e. The van der Waals surface area contributed by atoms with E-state index in [0.29, 0.717) is 0 Å². The second kappa shape index (κ2) is 6.41. The van der Waals surface area contributed by atoms with Crippen LogP contribution in [-0.2, 0) is 0 Å². The van der Waals surface area contributed by atoms with E-state index in [1.165, 1.54) is 0 Å². The van der Waals surface area contributed by atoms with Gasteiger partial charge in [0.2, 0.25) is 0 Å². The van der Waals surface area contributed by atoms with Gasteiger partial charge in [-0.3, -0.25) is 4.98 Å². The molecule has 1 aromatic rings. The van der Waals surface area contributed by atoms with Crippen LogP contribution in [0, 0.1) is 0 Å². The van der Waals surface area contributed by atoms with E-state index < -0.39 is 0 Å². The first-order valence-corrected chi connectivity index (χ1v) is 2.26. The van der Waals surface area contributed by atoms with Gasteiger partial charge in [-0.1, -0.05) is 0 Å². The van der Waals surface area contributed by atoms with Crippen LogP contribution in [0.15, 0.2) is 17.1 Å². The van der Waals surface area contributed by atoms with Crippen molar-refractivity contribution in [3.05, 3.63) is 17.1 Å². The summed E-state index contributed by atoms with van der Waals surface area (Å²) in [5.41, 5.74) is 1.79. The maximum absolute atomic E-state index is 3.74. The highest BCUT2D eigenvalue weighted by molar-refractivity contribution is 7.59. The molecule has 7 heavy (non-hydrogen) atoms. The first-order chi connectivity index (χ1) is 2.50. The molecular formula is C3H8NPS2. The van der Waals surface area contributed by atoms with Crippen molar-refractivity contribution in [2.75, 3.05) is 0 Å². The molecule has 0 aliphatic carbocycles. The molecule has 0 aromatic carbocycles. The van der Waals surface area contributed by atoms with Gasteiger partial charge >= 0.3 is 0 Å². The number of aromatic nitrogens is 1. The van der Waals surface area contributed by atoms with E-state index in [-0.39, 0.29) is 23.4 Å². The third kappa shape index (κ3) is 4.26. The van der Waals surface area contributed by atoms with Gasteiger partial charge in [0.15, 0.2) is 0 Å². The zero-order valence-electron chi connectivity index (χ0n) is 3.79. The Morgan fingerprint density at radius 2 is 2.14 bits per heavy atom. The average molecular weight is 153 g/mol. The Bertz CT molecular complexity index is 69.4. The van der Waals surface area contributed by atoms with E-state index in [1.807, 2.05) is 5.38 Å². The molecule has 1 atom stereocenters. The fraction of sp³-hybridized carbons (Fsp3) is 0. The zero-order chi connectivity index (χ0) is 3.54. The Balaban J connectivity index is 0. The van der Waals surface area contributed by atoms with Crippen LogP contribution in [0.5, 0.6) is 0 Å². The Morgan fingerprint density at radius 1 is 1.43 bits per heavy atom. The number of hydrogen-bond acceptors (Lipinski definition) is 2. The first kappa shape index (κ1) is 10.4. The molecule has 0 bridgehead atoms. The topological polar surface area (TPSA) is 12.9 Å². The smallest absolute Gasteiger partial charge is 0.0791 e. The summed E-state index contributed by atoms with van der Waals surface area (Å²) in [6.45, 7) is 0. The lowest BCUT2D eigenvalue weighted by atomic mass is 11.0. The monoisotopic (exact) mass is 153 g/mol. The fourth-order valence-corrected chi connectivity index (χ4v) is 0.527. The lowest BCUT2D eigenvalue weighted by Crippen LogP contribution is -1.38. The van der Waals surface area contributed by atoms with Crippen molar-refractivity contribution < 1.29 is 0 Å². The van der Waals surface area contributed by atoms with Crippen molar-refractivity contribution in [2.45, 2.75) is 0 Å². The number of nitrogens with zero attached hydrogens (tertiary/aromatic N) is 1. The predicted molar refractivity (Wildman–Crippen MR) is 43.6 cm³/mol. The summed E-state index contributed by atoms with van der Waals surface area (Å²) in [6.07, 6.45) is 1.77. The Morgan fingerprint density at radius 3 is 2.29 bits per heavy atom. The van der Waals surface area contributed by atoms with Crippen LogP contribution in [0.3, 0.4) is 0 Å². The van der Waals surface area contributed by atoms with Gasteiger partial charge in [0.25, 0.3) is 0 Å². The van der Waals surface area contributed by atoms with Crippen molar-refractivity contribution in [1.29, 1.82) is 0 Å². The maximum Gasteiger partial charge on any atom is 0.0791 e. The molecule has 1 nitrogen and oxygen atoms in total. The molecule has 0 radical (unpaired) electrons. The number of hydrogen-bond donors (Lipinski definition) is 0. The van der Waals surface area contributed by atoms with Gasteiger partial charge < -0.3 is 0 Å². The minimum atomic E-state index is 0. The molecule has 1 unspecified atom stereocenters. The summed E-state index contributed by atoms with van der Waals surface area (Å²) in [5, 5.41) is 1.93. The molecule has 42 valence electrons. The number of rotatable bonds is 0. The van der Waals surface area contributed by atoms with Crippen LogP contribution >= 0.6 is 34.7 Å². The van der Waals surface area contributed by atoms with Gasteiger partial charge in [-0.2, -0.15) is 23.4 Å². The van der Waals surface area contributed by atoms with Gasteiger partial charge in [-0.05, 0) is 0 Å². The van der Waals surface area contributed by atoms with Gasteiger partial charge in [0, 0.05) is 11.6 Å². The van der Waals surface area contributed by atoms with Crippen LogP contribution in [-0.4, -0.2) is 4.98 Å². The van der Waals surface area contributed by atoms with Gasteiger partial charge in [0.05, 0.1) is 5.51 Å². The molecule has 1 rings (SSSR count). The van der Waals surface area contributed by atoms with E-state index in [9.17, 15) is 0 Å². The standard InChI is InChI=1S/C3H3NS.H3P.H2S/c1-2-5-3-4-1;;/h1-3H;1H3;1H2. The molecule has 0 N–H and O–H groups in total. The molecule has 0 aliphatic rings. The third-order valence-corrected chi connectivity index (χ3v) is 0.869. The molecule has 1 heterocycles. The summed E-state index contributed by atoms with van der Waals surface area (Å²) in [5.74, 6) is 0. The minimum Gasteiger partial charge on any atom is -0.253 e. The minimum absolute atomic E-state index is 0. The maximum atomic E-state index is 3.74. The third-order valence-electron chi connectivity index (χ3n) is 0.347. The molecule has 1 aromatic heterocycles. The van der Waals surface area contributed by atoms with Crippen LogP contribution in [0.25, 0.3) is 0 Å². The summed E-state index contributed by atoms with van der Waals surface area (Å²) in [6, 6.07) is 0. The summed E-state index contributed by atoms with van der Waals surface area (Å²) < 4.78 is 0. The van der Waals surface area contributed by atoms with E-state index in [2.05, 4.69) is 4.98 Å². The van der Waals surface area contributed by atoms with Crippen LogP contribution in [0.2, 0.25) is 0 Å². The van der Waals surface area contributed by atoms with Crippen LogP contribution in [0.4, 0.5) is 0 Å². The van der Waals surface area contributed by atoms with Crippen LogP contribution in [0.1, 0.15) is 0 Å². The van der Waals surface area contributed by atoms with E-state index in [4.69, 9.17) is 0 Å². The van der Waals surface area contributed by atoms with E-state index in [0.717, 1.165) is 0 Å².